The molecule has 146 valence electrons. The van der Waals surface area contributed by atoms with Gasteiger partial charge in [-0.2, -0.15) is 0 Å². The van der Waals surface area contributed by atoms with Crippen LogP contribution in [0.4, 0.5) is 4.39 Å². The highest BCUT2D eigenvalue weighted by Gasteiger charge is 2.24. The number of amides is 1. The molecule has 1 aromatic heterocycles. The molecule has 0 spiro atoms. The van der Waals surface area contributed by atoms with E-state index < -0.39 is 5.82 Å². The maximum absolute atomic E-state index is 14.2. The lowest BCUT2D eigenvalue weighted by atomic mass is 10.1. The van der Waals surface area contributed by atoms with Crippen molar-refractivity contribution in [2.24, 2.45) is 0 Å². The first kappa shape index (κ1) is 20.2. The van der Waals surface area contributed by atoms with Gasteiger partial charge in [-0.05, 0) is 49.2 Å². The maximum atomic E-state index is 14.2. The Labute approximate surface area is 170 Å². The third kappa shape index (κ3) is 4.45. The second kappa shape index (κ2) is 9.07. The number of benzene rings is 2. The Morgan fingerprint density at radius 1 is 1.11 bits per heavy atom. The molecule has 0 unspecified atom stereocenters. The highest BCUT2D eigenvalue weighted by molar-refractivity contribution is 6.31. The Kier molecular flexibility index (Phi) is 6.53. The van der Waals surface area contributed by atoms with Crippen LogP contribution in [0.2, 0.25) is 5.02 Å². The summed E-state index contributed by atoms with van der Waals surface area (Å²) >= 11 is 6.30. The number of halogens is 2. The first-order valence-corrected chi connectivity index (χ1v) is 9.82. The number of hydrogen-bond donors (Lipinski definition) is 0. The summed E-state index contributed by atoms with van der Waals surface area (Å²) in [4.78, 5) is 14.8. The molecule has 3 nitrogen and oxygen atoms in total. The molecular weight excluding hydrogens is 375 g/mol. The van der Waals surface area contributed by atoms with Gasteiger partial charge in [0.2, 0.25) is 0 Å². The zero-order chi connectivity index (χ0) is 20.1. The Morgan fingerprint density at radius 3 is 2.54 bits per heavy atom. The molecule has 1 amide bonds. The average molecular weight is 399 g/mol. The number of carbonyl (C=O) groups excluding carboxylic acids is 1. The van der Waals surface area contributed by atoms with E-state index in [1.807, 2.05) is 56.4 Å². The molecule has 1 atom stereocenters. The van der Waals surface area contributed by atoms with E-state index >= 15 is 0 Å². The highest BCUT2D eigenvalue weighted by atomic mass is 35.5. The van der Waals surface area contributed by atoms with Crippen LogP contribution in [-0.2, 0) is 13.1 Å². The van der Waals surface area contributed by atoms with Crippen molar-refractivity contribution in [1.29, 1.82) is 0 Å². The predicted octanol–water partition coefficient (Wildman–Crippen LogP) is 5.77. The van der Waals surface area contributed by atoms with Crippen molar-refractivity contribution in [2.75, 3.05) is 0 Å². The van der Waals surface area contributed by atoms with E-state index in [0.29, 0.717) is 18.1 Å². The van der Waals surface area contributed by atoms with Gasteiger partial charge in [0.15, 0.2) is 0 Å². The molecule has 0 saturated heterocycles. The molecule has 0 aliphatic rings. The fourth-order valence-electron chi connectivity index (χ4n) is 3.17. The number of rotatable bonds is 7. The lowest BCUT2D eigenvalue weighted by Crippen LogP contribution is -2.38. The van der Waals surface area contributed by atoms with Crippen LogP contribution in [0.15, 0.2) is 66.9 Å². The summed E-state index contributed by atoms with van der Waals surface area (Å²) < 4.78 is 16.3. The second-order valence-electron chi connectivity index (χ2n) is 6.89. The van der Waals surface area contributed by atoms with Crippen molar-refractivity contribution in [3.8, 4) is 0 Å². The summed E-state index contributed by atoms with van der Waals surface area (Å²) in [6.45, 7) is 5.03. The van der Waals surface area contributed by atoms with Gasteiger partial charge in [-0.25, -0.2) is 4.39 Å². The summed E-state index contributed by atoms with van der Waals surface area (Å²) in [6.07, 6.45) is 2.76. The number of nitrogens with zero attached hydrogens (tertiary/aromatic N) is 2. The third-order valence-electron chi connectivity index (χ3n) is 5.04. The summed E-state index contributed by atoms with van der Waals surface area (Å²) in [6, 6.07) is 17.8. The molecular formula is C23H24ClFN2O. The number of carbonyl (C=O) groups is 1. The Balaban J connectivity index is 1.87. The van der Waals surface area contributed by atoms with E-state index in [2.05, 4.69) is 4.57 Å². The molecule has 3 aromatic rings. The molecule has 0 N–H and O–H groups in total. The van der Waals surface area contributed by atoms with Crippen LogP contribution < -0.4 is 0 Å². The summed E-state index contributed by atoms with van der Waals surface area (Å²) in [5.41, 5.74) is 2.09. The van der Waals surface area contributed by atoms with Crippen molar-refractivity contribution >= 4 is 17.5 Å². The predicted molar refractivity (Wildman–Crippen MR) is 111 cm³/mol. The van der Waals surface area contributed by atoms with Crippen LogP contribution in [0.25, 0.3) is 0 Å². The van der Waals surface area contributed by atoms with Gasteiger partial charge in [-0.3, -0.25) is 4.79 Å². The lowest BCUT2D eigenvalue weighted by Gasteiger charge is -2.29. The van der Waals surface area contributed by atoms with Gasteiger partial charge in [0, 0.05) is 29.5 Å². The molecule has 0 bridgehead atoms. The van der Waals surface area contributed by atoms with Crippen LogP contribution in [0, 0.1) is 5.82 Å². The van der Waals surface area contributed by atoms with Crippen molar-refractivity contribution in [3.63, 3.8) is 0 Å². The lowest BCUT2D eigenvalue weighted by molar-refractivity contribution is 0.0662. The molecule has 0 aliphatic carbocycles. The molecule has 1 heterocycles. The standard InChI is InChI=1S/C23H24ClFN2O/c1-3-17(2)27(23(28)20-11-5-7-13-22(20)25)16-19-10-8-14-26(19)15-18-9-4-6-12-21(18)24/h4-14,17H,3,15-16H2,1-2H3/t17-/m1/s1. The average Bonchev–Trinajstić information content (AvgIpc) is 3.14. The summed E-state index contributed by atoms with van der Waals surface area (Å²) in [5, 5.41) is 0.711. The molecule has 28 heavy (non-hydrogen) atoms. The normalized spacial score (nSPS) is 12.0. The Bertz CT molecular complexity index is 953. The summed E-state index contributed by atoms with van der Waals surface area (Å²) in [7, 11) is 0. The molecule has 5 heteroatoms. The van der Waals surface area contributed by atoms with Gasteiger partial charge < -0.3 is 9.47 Å². The van der Waals surface area contributed by atoms with Gasteiger partial charge in [0.05, 0.1) is 12.1 Å². The molecule has 0 radical (unpaired) electrons. The SMILES string of the molecule is CC[C@@H](C)N(Cc1cccn1Cc1ccccc1Cl)C(=O)c1ccccc1F. The third-order valence-corrected chi connectivity index (χ3v) is 5.41. The fourth-order valence-corrected chi connectivity index (χ4v) is 3.36. The zero-order valence-electron chi connectivity index (χ0n) is 16.1. The van der Waals surface area contributed by atoms with Crippen LogP contribution in [0.5, 0.6) is 0 Å². The molecule has 3 rings (SSSR count). The van der Waals surface area contributed by atoms with Crippen LogP contribution in [-0.4, -0.2) is 21.4 Å². The topological polar surface area (TPSA) is 25.2 Å². The fraction of sp³-hybridized carbons (Fsp3) is 0.261. The largest absolute Gasteiger partial charge is 0.345 e. The van der Waals surface area contributed by atoms with Gasteiger partial charge in [0.1, 0.15) is 5.82 Å². The number of aromatic nitrogens is 1. The smallest absolute Gasteiger partial charge is 0.257 e. The van der Waals surface area contributed by atoms with E-state index in [-0.39, 0.29) is 17.5 Å². The molecule has 0 saturated carbocycles. The maximum Gasteiger partial charge on any atom is 0.257 e. The minimum Gasteiger partial charge on any atom is -0.345 e. The van der Waals surface area contributed by atoms with E-state index in [4.69, 9.17) is 11.6 Å². The first-order chi connectivity index (χ1) is 13.5. The van der Waals surface area contributed by atoms with Crippen molar-refractivity contribution < 1.29 is 9.18 Å². The monoisotopic (exact) mass is 398 g/mol. The van der Waals surface area contributed by atoms with Crippen molar-refractivity contribution in [2.45, 2.75) is 39.4 Å². The van der Waals surface area contributed by atoms with Crippen molar-refractivity contribution in [1.82, 2.24) is 9.47 Å². The van der Waals surface area contributed by atoms with Crippen LogP contribution in [0.3, 0.4) is 0 Å². The van der Waals surface area contributed by atoms with Crippen LogP contribution >= 0.6 is 11.6 Å². The van der Waals surface area contributed by atoms with E-state index in [0.717, 1.165) is 17.7 Å². The van der Waals surface area contributed by atoms with Crippen molar-refractivity contribution in [3.05, 3.63) is 94.5 Å². The molecule has 0 aliphatic heterocycles. The minimum absolute atomic E-state index is 0.0178. The first-order valence-electron chi connectivity index (χ1n) is 9.44. The van der Waals surface area contributed by atoms with E-state index in [1.165, 1.54) is 12.1 Å². The van der Waals surface area contributed by atoms with Gasteiger partial charge in [-0.1, -0.05) is 48.9 Å². The second-order valence-corrected chi connectivity index (χ2v) is 7.30. The van der Waals surface area contributed by atoms with Gasteiger partial charge >= 0.3 is 0 Å². The Hall–Kier alpha value is -2.59. The van der Waals surface area contributed by atoms with Gasteiger partial charge in [-0.15, -0.1) is 0 Å². The molecule has 2 aromatic carbocycles. The van der Waals surface area contributed by atoms with Gasteiger partial charge in [0.25, 0.3) is 5.91 Å². The number of hydrogen-bond acceptors (Lipinski definition) is 1. The quantitative estimate of drug-likeness (QED) is 0.496. The minimum atomic E-state index is -0.493. The Morgan fingerprint density at radius 2 is 1.82 bits per heavy atom. The van der Waals surface area contributed by atoms with Crippen LogP contribution in [0.1, 0.15) is 41.9 Å². The summed E-state index contributed by atoms with van der Waals surface area (Å²) in [5.74, 6) is -0.787. The molecule has 0 fully saturated rings. The van der Waals surface area contributed by atoms with E-state index in [9.17, 15) is 9.18 Å². The van der Waals surface area contributed by atoms with E-state index in [1.54, 1.807) is 17.0 Å². The highest BCUT2D eigenvalue weighted by Crippen LogP contribution is 2.20. The zero-order valence-corrected chi connectivity index (χ0v) is 16.9.